The maximum absolute atomic E-state index is 12.1. The average Bonchev–Trinajstić information content (AvgIpc) is 2.78. The molecule has 0 aliphatic carbocycles. The Hall–Kier alpha value is -1.43. The lowest BCUT2D eigenvalue weighted by Gasteiger charge is -2.17. The fourth-order valence-electron chi connectivity index (χ4n) is 1.51. The third-order valence-electron chi connectivity index (χ3n) is 2.90. The van der Waals surface area contributed by atoms with E-state index in [0.717, 1.165) is 6.42 Å². The number of nitrogens with zero attached hydrogens (tertiary/aromatic N) is 2. The van der Waals surface area contributed by atoms with Crippen LogP contribution in [-0.4, -0.2) is 30.5 Å². The van der Waals surface area contributed by atoms with E-state index in [-0.39, 0.29) is 17.8 Å². The van der Waals surface area contributed by atoms with E-state index in [1.807, 2.05) is 13.8 Å². The summed E-state index contributed by atoms with van der Waals surface area (Å²) in [4.78, 5) is 30.0. The van der Waals surface area contributed by atoms with Gasteiger partial charge in [-0.05, 0) is 20.3 Å². The Bertz CT molecular complexity index is 470. The van der Waals surface area contributed by atoms with Gasteiger partial charge in [-0.2, -0.15) is 0 Å². The van der Waals surface area contributed by atoms with Crippen molar-refractivity contribution in [3.63, 3.8) is 0 Å². The first-order valence-corrected chi connectivity index (χ1v) is 7.16. The van der Waals surface area contributed by atoms with Gasteiger partial charge in [0.25, 0.3) is 0 Å². The molecule has 0 bridgehead atoms. The summed E-state index contributed by atoms with van der Waals surface area (Å²) < 4.78 is 4.96. The van der Waals surface area contributed by atoms with Gasteiger partial charge in [0.05, 0.1) is 12.3 Å². The van der Waals surface area contributed by atoms with Crippen molar-refractivity contribution >= 4 is 28.3 Å². The van der Waals surface area contributed by atoms with Gasteiger partial charge in [0, 0.05) is 13.0 Å². The van der Waals surface area contributed by atoms with Gasteiger partial charge in [-0.1, -0.05) is 25.2 Å². The second-order valence-electron chi connectivity index (χ2n) is 4.34. The molecule has 0 spiro atoms. The molecule has 0 N–H and O–H groups in total. The first-order valence-electron chi connectivity index (χ1n) is 6.34. The lowest BCUT2D eigenvalue weighted by atomic mass is 10.1. The molecule has 0 radical (unpaired) electrons. The van der Waals surface area contributed by atoms with Crippen LogP contribution in [0.4, 0.5) is 5.13 Å². The molecule has 1 aromatic heterocycles. The summed E-state index contributed by atoms with van der Waals surface area (Å²) in [6.45, 7) is 7.67. The van der Waals surface area contributed by atoms with Crippen molar-refractivity contribution < 1.29 is 14.3 Å². The summed E-state index contributed by atoms with van der Waals surface area (Å²) in [5.41, 5.74) is 0.599. The molecule has 1 amide bonds. The first-order chi connectivity index (χ1) is 8.92. The highest BCUT2D eigenvalue weighted by molar-refractivity contribution is 7.17. The third kappa shape index (κ3) is 3.53. The predicted octanol–water partition coefficient (Wildman–Crippen LogP) is 2.64. The average molecular weight is 284 g/mol. The van der Waals surface area contributed by atoms with E-state index in [0.29, 0.717) is 22.3 Å². The molecule has 1 heterocycles. The number of hydrogen-bond donors (Lipinski definition) is 0. The Morgan fingerprint density at radius 1 is 1.42 bits per heavy atom. The van der Waals surface area contributed by atoms with E-state index < -0.39 is 0 Å². The van der Waals surface area contributed by atoms with E-state index in [1.54, 1.807) is 20.9 Å². The number of esters is 1. The van der Waals surface area contributed by atoms with Gasteiger partial charge < -0.3 is 4.74 Å². The topological polar surface area (TPSA) is 59.5 Å². The van der Waals surface area contributed by atoms with Crippen LogP contribution in [0, 0.1) is 12.8 Å². The van der Waals surface area contributed by atoms with E-state index in [1.165, 1.54) is 16.2 Å². The summed E-state index contributed by atoms with van der Waals surface area (Å²) in [6.07, 6.45) is 0.776. The van der Waals surface area contributed by atoms with Crippen molar-refractivity contribution in [3.05, 3.63) is 10.6 Å². The number of ether oxygens (including phenoxy) is 1. The third-order valence-corrected chi connectivity index (χ3v) is 4.11. The van der Waals surface area contributed by atoms with Crippen LogP contribution >= 0.6 is 11.3 Å². The molecular formula is C13H20N2O3S. The highest BCUT2D eigenvalue weighted by atomic mass is 32.1. The van der Waals surface area contributed by atoms with Crippen LogP contribution in [-0.2, 0) is 9.53 Å². The predicted molar refractivity (Wildman–Crippen MR) is 75.7 cm³/mol. The molecule has 0 aliphatic heterocycles. The molecule has 19 heavy (non-hydrogen) atoms. The monoisotopic (exact) mass is 284 g/mol. The maximum atomic E-state index is 12.1. The number of thiazole rings is 1. The van der Waals surface area contributed by atoms with Gasteiger partial charge in [-0.3, -0.25) is 9.69 Å². The molecule has 0 fully saturated rings. The smallest absolute Gasteiger partial charge is 0.350 e. The summed E-state index contributed by atoms with van der Waals surface area (Å²) in [6, 6.07) is 0. The highest BCUT2D eigenvalue weighted by Gasteiger charge is 2.23. The lowest BCUT2D eigenvalue weighted by Crippen LogP contribution is -2.31. The molecule has 106 valence electrons. The lowest BCUT2D eigenvalue weighted by molar-refractivity contribution is -0.121. The fourth-order valence-corrected chi connectivity index (χ4v) is 2.44. The number of aromatic nitrogens is 1. The Morgan fingerprint density at radius 3 is 2.58 bits per heavy atom. The van der Waals surface area contributed by atoms with Crippen molar-refractivity contribution in [2.75, 3.05) is 18.6 Å². The maximum Gasteiger partial charge on any atom is 0.350 e. The fraction of sp³-hybridized carbons (Fsp3) is 0.615. The molecule has 0 aliphatic rings. The van der Waals surface area contributed by atoms with Gasteiger partial charge in [-0.15, -0.1) is 0 Å². The minimum absolute atomic E-state index is 0.00617. The van der Waals surface area contributed by atoms with E-state index in [9.17, 15) is 9.59 Å². The van der Waals surface area contributed by atoms with Crippen LogP contribution in [0.15, 0.2) is 0 Å². The number of hydrogen-bond acceptors (Lipinski definition) is 5. The molecule has 1 rings (SSSR count). The molecule has 1 aromatic rings. The number of aryl methyl sites for hydroxylation is 1. The largest absolute Gasteiger partial charge is 0.462 e. The van der Waals surface area contributed by atoms with Crippen LogP contribution < -0.4 is 4.90 Å². The normalized spacial score (nSPS) is 12.1. The Balaban J connectivity index is 2.94. The van der Waals surface area contributed by atoms with Crippen LogP contribution in [0.1, 0.15) is 42.6 Å². The van der Waals surface area contributed by atoms with Gasteiger partial charge in [0.15, 0.2) is 5.13 Å². The van der Waals surface area contributed by atoms with Gasteiger partial charge in [0.1, 0.15) is 4.88 Å². The number of carbonyl (C=O) groups excluding carboxylic acids is 2. The van der Waals surface area contributed by atoms with Gasteiger partial charge >= 0.3 is 5.97 Å². The Kier molecular flexibility index (Phi) is 5.47. The summed E-state index contributed by atoms with van der Waals surface area (Å²) in [7, 11) is 1.68. The molecule has 1 atom stereocenters. The zero-order valence-corrected chi connectivity index (χ0v) is 12.8. The number of rotatable bonds is 5. The molecule has 6 heteroatoms. The van der Waals surface area contributed by atoms with Crippen molar-refractivity contribution in [2.24, 2.45) is 5.92 Å². The molecule has 0 saturated heterocycles. The summed E-state index contributed by atoms with van der Waals surface area (Å²) in [5, 5.41) is 0.533. The molecule has 0 unspecified atom stereocenters. The van der Waals surface area contributed by atoms with Crippen LogP contribution in [0.2, 0.25) is 0 Å². The molecular weight excluding hydrogens is 264 g/mol. The van der Waals surface area contributed by atoms with Gasteiger partial charge in [0.2, 0.25) is 5.91 Å². The second kappa shape index (κ2) is 6.65. The van der Waals surface area contributed by atoms with E-state index in [4.69, 9.17) is 4.74 Å². The number of amides is 1. The van der Waals surface area contributed by atoms with Crippen LogP contribution in [0.3, 0.4) is 0 Å². The number of anilines is 1. The SMILES string of the molecule is CCOC(=O)c1sc(N(C)C(=O)[C@H](C)CC)nc1C. The Morgan fingerprint density at radius 2 is 2.05 bits per heavy atom. The van der Waals surface area contributed by atoms with E-state index >= 15 is 0 Å². The van der Waals surface area contributed by atoms with Crippen molar-refractivity contribution in [1.82, 2.24) is 4.98 Å². The minimum Gasteiger partial charge on any atom is -0.462 e. The molecule has 0 saturated carbocycles. The van der Waals surface area contributed by atoms with Crippen molar-refractivity contribution in [3.8, 4) is 0 Å². The van der Waals surface area contributed by atoms with Gasteiger partial charge in [-0.25, -0.2) is 9.78 Å². The van der Waals surface area contributed by atoms with Crippen LogP contribution in [0.5, 0.6) is 0 Å². The molecule has 0 aromatic carbocycles. The van der Waals surface area contributed by atoms with E-state index in [2.05, 4.69) is 4.98 Å². The van der Waals surface area contributed by atoms with Crippen LogP contribution in [0.25, 0.3) is 0 Å². The number of carbonyl (C=O) groups is 2. The molecule has 5 nitrogen and oxygen atoms in total. The summed E-state index contributed by atoms with van der Waals surface area (Å²) in [5.74, 6) is -0.431. The standard InChI is InChI=1S/C13H20N2O3S/c1-6-8(3)11(16)15(5)13-14-9(4)10(19-13)12(17)18-7-2/h8H,6-7H2,1-5H3/t8-/m1/s1. The van der Waals surface area contributed by atoms with Crippen molar-refractivity contribution in [2.45, 2.75) is 34.1 Å². The Labute approximate surface area is 117 Å². The zero-order chi connectivity index (χ0) is 14.6. The highest BCUT2D eigenvalue weighted by Crippen LogP contribution is 2.27. The van der Waals surface area contributed by atoms with Crippen molar-refractivity contribution in [1.29, 1.82) is 0 Å². The summed E-state index contributed by atoms with van der Waals surface area (Å²) >= 11 is 1.19. The second-order valence-corrected chi connectivity index (χ2v) is 5.32. The first kappa shape index (κ1) is 15.6. The minimum atomic E-state index is -0.381. The quantitative estimate of drug-likeness (QED) is 0.780. The zero-order valence-electron chi connectivity index (χ0n) is 12.0.